The van der Waals surface area contributed by atoms with Crippen LogP contribution in [0.1, 0.15) is 45.9 Å². The van der Waals surface area contributed by atoms with Gasteiger partial charge in [-0.1, -0.05) is 42.5 Å². The first-order valence-electron chi connectivity index (χ1n) is 13.0. The number of nitrogens with zero attached hydrogens (tertiary/aromatic N) is 5. The molecule has 41 heavy (non-hydrogen) atoms. The zero-order valence-corrected chi connectivity index (χ0v) is 22.3. The van der Waals surface area contributed by atoms with E-state index in [9.17, 15) is 22.8 Å². The van der Waals surface area contributed by atoms with Gasteiger partial charge in [0.05, 0.1) is 22.6 Å². The molecule has 1 aliphatic rings. The summed E-state index contributed by atoms with van der Waals surface area (Å²) in [6, 6.07) is 10.6. The number of nitrogens with two attached hydrogens (primary N) is 1. The number of amides is 2. The van der Waals surface area contributed by atoms with Crippen molar-refractivity contribution in [2.75, 3.05) is 18.8 Å². The van der Waals surface area contributed by atoms with Crippen LogP contribution in [0.25, 0.3) is 22.3 Å². The van der Waals surface area contributed by atoms with Gasteiger partial charge in [-0.15, -0.1) is 0 Å². The maximum atomic E-state index is 13.5. The molecule has 3 heterocycles. The van der Waals surface area contributed by atoms with Gasteiger partial charge in [-0.2, -0.15) is 18.3 Å². The summed E-state index contributed by atoms with van der Waals surface area (Å²) >= 11 is 0. The number of carbonyl (C=O) groups is 2. The first-order valence-corrected chi connectivity index (χ1v) is 13.0. The maximum Gasteiger partial charge on any atom is 0.417 e. The quantitative estimate of drug-likeness (QED) is 0.329. The highest BCUT2D eigenvalue weighted by atomic mass is 19.4. The van der Waals surface area contributed by atoms with Crippen LogP contribution in [0.2, 0.25) is 0 Å². The average molecular weight is 564 g/mol. The predicted octanol–water partition coefficient (Wildman–Crippen LogP) is 4.68. The SMILES string of the molecule is C=CC(=O)N1CCCC(n2nc(-c3ccc(CNC(=O)c4ccc(C)cc4C(F)(F)F)cc3)c3c(N)ncnc32)C1. The number of halogens is 3. The number of anilines is 1. The molecule has 0 spiro atoms. The van der Waals surface area contributed by atoms with Crippen LogP contribution in [0.15, 0.2) is 61.4 Å². The normalized spacial score (nSPS) is 15.6. The maximum absolute atomic E-state index is 13.5. The molecule has 9 nitrogen and oxygen atoms in total. The fourth-order valence-electron chi connectivity index (χ4n) is 5.08. The molecule has 3 N–H and O–H groups in total. The zero-order chi connectivity index (χ0) is 29.3. The lowest BCUT2D eigenvalue weighted by atomic mass is 10.0. The lowest BCUT2D eigenvalue weighted by Gasteiger charge is -2.32. The minimum absolute atomic E-state index is 0.0277. The van der Waals surface area contributed by atoms with Crippen molar-refractivity contribution >= 4 is 28.7 Å². The molecule has 0 aliphatic carbocycles. The Bertz CT molecular complexity index is 1630. The van der Waals surface area contributed by atoms with E-state index in [-0.39, 0.29) is 24.3 Å². The molecule has 2 aromatic heterocycles. The second-order valence-corrected chi connectivity index (χ2v) is 9.96. The van der Waals surface area contributed by atoms with E-state index in [0.717, 1.165) is 24.5 Å². The number of rotatable bonds is 6. The minimum atomic E-state index is -4.64. The summed E-state index contributed by atoms with van der Waals surface area (Å²) in [5.41, 5.74) is 7.78. The number of aromatic nitrogens is 4. The third-order valence-electron chi connectivity index (χ3n) is 7.15. The van der Waals surface area contributed by atoms with Gasteiger partial charge in [-0.3, -0.25) is 9.59 Å². The lowest BCUT2D eigenvalue weighted by Crippen LogP contribution is -2.40. The number of hydrogen-bond acceptors (Lipinski definition) is 6. The standard InChI is InChI=1S/C29H28F3N7O2/c1-3-23(40)38-12-4-5-20(15-38)39-27-24(26(33)35-16-36-27)25(37-39)19-9-7-18(8-10-19)14-34-28(41)21-11-6-17(2)13-22(21)29(30,31)32/h3,6-11,13,16,20H,1,4-5,12,14-15H2,2H3,(H,34,41)(H2,33,35,36). The van der Waals surface area contributed by atoms with Gasteiger partial charge in [0.1, 0.15) is 17.8 Å². The minimum Gasteiger partial charge on any atom is -0.383 e. The molecule has 12 heteroatoms. The van der Waals surface area contributed by atoms with Crippen LogP contribution in [0.5, 0.6) is 0 Å². The molecule has 0 saturated carbocycles. The van der Waals surface area contributed by atoms with Crippen molar-refractivity contribution in [3.05, 3.63) is 83.7 Å². The van der Waals surface area contributed by atoms with Crippen LogP contribution in [0.4, 0.5) is 19.0 Å². The lowest BCUT2D eigenvalue weighted by molar-refractivity contribution is -0.138. The largest absolute Gasteiger partial charge is 0.417 e. The van der Waals surface area contributed by atoms with Gasteiger partial charge >= 0.3 is 6.18 Å². The van der Waals surface area contributed by atoms with Crippen LogP contribution >= 0.6 is 0 Å². The summed E-state index contributed by atoms with van der Waals surface area (Å²) in [5, 5.41) is 8.00. The summed E-state index contributed by atoms with van der Waals surface area (Å²) < 4.78 is 42.2. The van der Waals surface area contributed by atoms with Crippen molar-refractivity contribution in [1.29, 1.82) is 0 Å². The fraction of sp³-hybridized carbons (Fsp3) is 0.276. The van der Waals surface area contributed by atoms with Gasteiger partial charge in [0.2, 0.25) is 5.91 Å². The van der Waals surface area contributed by atoms with E-state index >= 15 is 0 Å². The average Bonchev–Trinajstić information content (AvgIpc) is 3.36. The number of likely N-dealkylation sites (tertiary alicyclic amines) is 1. The Morgan fingerprint density at radius 1 is 1.17 bits per heavy atom. The summed E-state index contributed by atoms with van der Waals surface area (Å²) in [6.07, 6.45) is -0.366. The number of nitrogens with one attached hydrogen (secondary N) is 1. The molecule has 212 valence electrons. The number of carbonyl (C=O) groups excluding carboxylic acids is 2. The first kappa shape index (κ1) is 27.8. The monoisotopic (exact) mass is 563 g/mol. The van der Waals surface area contributed by atoms with E-state index in [1.165, 1.54) is 31.5 Å². The molecule has 1 saturated heterocycles. The van der Waals surface area contributed by atoms with Gasteiger partial charge < -0.3 is 16.0 Å². The first-order chi connectivity index (χ1) is 19.6. The Morgan fingerprint density at radius 2 is 1.93 bits per heavy atom. The highest BCUT2D eigenvalue weighted by Gasteiger charge is 2.35. The summed E-state index contributed by atoms with van der Waals surface area (Å²) in [5.74, 6) is -0.686. The highest BCUT2D eigenvalue weighted by molar-refractivity contribution is 5.98. The summed E-state index contributed by atoms with van der Waals surface area (Å²) in [6.45, 7) is 6.25. The Balaban J connectivity index is 1.38. The van der Waals surface area contributed by atoms with E-state index in [2.05, 4.69) is 21.9 Å². The molecule has 1 atom stereocenters. The second-order valence-electron chi connectivity index (χ2n) is 9.96. The van der Waals surface area contributed by atoms with Crippen molar-refractivity contribution in [2.45, 2.75) is 38.5 Å². The highest BCUT2D eigenvalue weighted by Crippen LogP contribution is 2.35. The Labute approximate surface area is 233 Å². The molecule has 1 unspecified atom stereocenters. The number of alkyl halides is 3. The second kappa shape index (κ2) is 11.0. The predicted molar refractivity (Wildman–Crippen MR) is 148 cm³/mol. The number of nitrogen functional groups attached to an aromatic ring is 1. The van der Waals surface area contributed by atoms with E-state index in [1.807, 2.05) is 0 Å². The third-order valence-corrected chi connectivity index (χ3v) is 7.15. The summed E-state index contributed by atoms with van der Waals surface area (Å²) in [7, 11) is 0. The molecular formula is C29H28F3N7O2. The smallest absolute Gasteiger partial charge is 0.383 e. The fourth-order valence-corrected chi connectivity index (χ4v) is 5.08. The Hall–Kier alpha value is -4.74. The van der Waals surface area contributed by atoms with Gasteiger partial charge in [0, 0.05) is 25.2 Å². The molecule has 5 rings (SSSR count). The third kappa shape index (κ3) is 5.63. The van der Waals surface area contributed by atoms with E-state index < -0.39 is 23.2 Å². The molecule has 4 aromatic rings. The Morgan fingerprint density at radius 3 is 2.63 bits per heavy atom. The number of piperidine rings is 1. The van der Waals surface area contributed by atoms with Gasteiger partial charge in [-0.25, -0.2) is 14.6 Å². The molecule has 0 radical (unpaired) electrons. The van der Waals surface area contributed by atoms with Crippen molar-refractivity contribution in [2.24, 2.45) is 0 Å². The molecule has 1 aliphatic heterocycles. The van der Waals surface area contributed by atoms with Crippen LogP contribution in [0, 0.1) is 6.92 Å². The van der Waals surface area contributed by atoms with Crippen LogP contribution in [0.3, 0.4) is 0 Å². The number of aryl methyl sites for hydroxylation is 1. The summed E-state index contributed by atoms with van der Waals surface area (Å²) in [4.78, 5) is 35.2. The molecule has 2 amide bonds. The van der Waals surface area contributed by atoms with Crippen molar-refractivity contribution in [3.63, 3.8) is 0 Å². The van der Waals surface area contributed by atoms with E-state index in [0.29, 0.717) is 40.9 Å². The van der Waals surface area contributed by atoms with Gasteiger partial charge in [0.15, 0.2) is 5.65 Å². The van der Waals surface area contributed by atoms with E-state index in [4.69, 9.17) is 10.8 Å². The van der Waals surface area contributed by atoms with Crippen LogP contribution < -0.4 is 11.1 Å². The van der Waals surface area contributed by atoms with E-state index in [1.54, 1.807) is 33.8 Å². The molecule has 2 aromatic carbocycles. The molecular weight excluding hydrogens is 535 g/mol. The zero-order valence-electron chi connectivity index (χ0n) is 22.3. The van der Waals surface area contributed by atoms with Crippen molar-refractivity contribution in [3.8, 4) is 11.3 Å². The number of benzene rings is 2. The molecule has 0 bridgehead atoms. The topological polar surface area (TPSA) is 119 Å². The van der Waals surface area contributed by atoms with Crippen LogP contribution in [-0.2, 0) is 17.5 Å². The number of fused-ring (bicyclic) bond motifs is 1. The van der Waals surface area contributed by atoms with Gasteiger partial charge in [-0.05, 0) is 43.5 Å². The number of hydrogen-bond donors (Lipinski definition) is 2. The van der Waals surface area contributed by atoms with Crippen molar-refractivity contribution in [1.82, 2.24) is 30.0 Å². The van der Waals surface area contributed by atoms with Gasteiger partial charge in [0.25, 0.3) is 5.91 Å². The van der Waals surface area contributed by atoms with Crippen molar-refractivity contribution < 1.29 is 22.8 Å². The Kier molecular flexibility index (Phi) is 7.48. The molecule has 1 fully saturated rings. The van der Waals surface area contributed by atoms with Crippen LogP contribution in [-0.4, -0.2) is 49.6 Å².